The normalized spacial score (nSPS) is 12.4. The van der Waals surface area contributed by atoms with Crippen LogP contribution in [0.3, 0.4) is 0 Å². The van der Waals surface area contributed by atoms with Crippen LogP contribution in [0.1, 0.15) is 20.3 Å². The molecule has 4 heteroatoms. The van der Waals surface area contributed by atoms with E-state index in [1.165, 1.54) is 0 Å². The van der Waals surface area contributed by atoms with Crippen molar-refractivity contribution in [1.82, 2.24) is 5.32 Å². The van der Waals surface area contributed by atoms with Crippen molar-refractivity contribution in [3.63, 3.8) is 0 Å². The average molecular weight is 286 g/mol. The topological polar surface area (TPSA) is 61.4 Å². The van der Waals surface area contributed by atoms with Crippen LogP contribution in [0.25, 0.3) is 10.8 Å². The predicted octanol–water partition coefficient (Wildman–Crippen LogP) is 3.37. The number of amides is 2. The highest BCUT2D eigenvalue weighted by Crippen LogP contribution is 2.22. The first-order valence-corrected chi connectivity index (χ1v) is 7.28. The monoisotopic (exact) mass is 286 g/mol. The Morgan fingerprint density at radius 2 is 1.86 bits per heavy atom. The average Bonchev–Trinajstić information content (AvgIpc) is 2.47. The van der Waals surface area contributed by atoms with E-state index < -0.39 is 0 Å². The van der Waals surface area contributed by atoms with Gasteiger partial charge >= 0.3 is 6.03 Å². The molecule has 0 spiro atoms. The highest BCUT2D eigenvalue weighted by atomic mass is 16.3. The van der Waals surface area contributed by atoms with Crippen LogP contribution in [0, 0.1) is 5.92 Å². The van der Waals surface area contributed by atoms with E-state index in [9.17, 15) is 4.79 Å². The maximum absolute atomic E-state index is 12.1. The molecule has 2 amide bonds. The van der Waals surface area contributed by atoms with Crippen molar-refractivity contribution in [3.05, 3.63) is 42.5 Å². The van der Waals surface area contributed by atoms with Gasteiger partial charge in [0, 0.05) is 18.0 Å². The molecule has 4 nitrogen and oxygen atoms in total. The summed E-state index contributed by atoms with van der Waals surface area (Å²) in [5, 5.41) is 17.0. The Bertz CT molecular complexity index is 605. The Balaban J connectivity index is 2.11. The van der Waals surface area contributed by atoms with Crippen LogP contribution < -0.4 is 10.6 Å². The number of carbonyl (C=O) groups excluding carboxylic acids is 1. The molecular weight excluding hydrogens is 264 g/mol. The number of hydrogen-bond acceptors (Lipinski definition) is 2. The number of anilines is 1. The third-order valence-electron chi connectivity index (χ3n) is 3.60. The summed E-state index contributed by atoms with van der Waals surface area (Å²) < 4.78 is 0. The molecule has 2 aromatic rings. The molecule has 0 aliphatic carbocycles. The van der Waals surface area contributed by atoms with Crippen molar-refractivity contribution < 1.29 is 9.90 Å². The van der Waals surface area contributed by atoms with E-state index in [1.54, 1.807) is 0 Å². The molecule has 21 heavy (non-hydrogen) atoms. The largest absolute Gasteiger partial charge is 0.396 e. The summed E-state index contributed by atoms with van der Waals surface area (Å²) in [7, 11) is 0. The number of rotatable bonds is 5. The first-order chi connectivity index (χ1) is 10.1. The van der Waals surface area contributed by atoms with Gasteiger partial charge in [0.15, 0.2) is 0 Å². The van der Waals surface area contributed by atoms with E-state index in [4.69, 9.17) is 5.11 Å². The zero-order chi connectivity index (χ0) is 15.2. The van der Waals surface area contributed by atoms with Gasteiger partial charge in [0.2, 0.25) is 0 Å². The molecule has 1 atom stereocenters. The fraction of sp³-hybridized carbons (Fsp3) is 0.353. The molecule has 0 heterocycles. The molecule has 112 valence electrons. The number of fused-ring (bicyclic) bond motifs is 1. The van der Waals surface area contributed by atoms with Gasteiger partial charge in [-0.25, -0.2) is 4.79 Å². The third kappa shape index (κ3) is 3.95. The van der Waals surface area contributed by atoms with Gasteiger partial charge in [-0.3, -0.25) is 0 Å². The minimum atomic E-state index is -0.237. The van der Waals surface area contributed by atoms with Crippen molar-refractivity contribution in [1.29, 1.82) is 0 Å². The van der Waals surface area contributed by atoms with Gasteiger partial charge in [0.1, 0.15) is 0 Å². The van der Waals surface area contributed by atoms with Gasteiger partial charge in [0.05, 0.1) is 5.69 Å². The zero-order valence-corrected chi connectivity index (χ0v) is 12.5. The van der Waals surface area contributed by atoms with E-state index in [0.717, 1.165) is 16.5 Å². The summed E-state index contributed by atoms with van der Waals surface area (Å²) in [6.07, 6.45) is 0.556. The van der Waals surface area contributed by atoms with Crippen molar-refractivity contribution in [2.45, 2.75) is 26.3 Å². The number of urea groups is 1. The number of nitrogens with one attached hydrogen (secondary N) is 2. The molecule has 0 saturated heterocycles. The fourth-order valence-electron chi connectivity index (χ4n) is 2.37. The van der Waals surface area contributed by atoms with Crippen molar-refractivity contribution >= 4 is 22.5 Å². The van der Waals surface area contributed by atoms with Crippen LogP contribution >= 0.6 is 0 Å². The number of benzene rings is 2. The van der Waals surface area contributed by atoms with Crippen LogP contribution in [0.5, 0.6) is 0 Å². The minimum Gasteiger partial charge on any atom is -0.396 e. The van der Waals surface area contributed by atoms with Gasteiger partial charge in [-0.15, -0.1) is 0 Å². The lowest BCUT2D eigenvalue weighted by Gasteiger charge is -2.22. The SMILES string of the molecule is CC(C)C(CCO)NC(=O)Nc1cccc2ccccc12. The Morgan fingerprint density at radius 3 is 2.57 bits per heavy atom. The highest BCUT2D eigenvalue weighted by molar-refractivity contribution is 6.01. The van der Waals surface area contributed by atoms with Gasteiger partial charge in [-0.1, -0.05) is 50.2 Å². The number of carbonyl (C=O) groups is 1. The molecule has 0 aliphatic heterocycles. The van der Waals surface area contributed by atoms with Crippen molar-refractivity contribution in [2.24, 2.45) is 5.92 Å². The number of aliphatic hydroxyl groups excluding tert-OH is 1. The highest BCUT2D eigenvalue weighted by Gasteiger charge is 2.15. The molecule has 0 fully saturated rings. The summed E-state index contributed by atoms with van der Waals surface area (Å²) in [6, 6.07) is 13.5. The van der Waals surface area contributed by atoms with E-state index in [1.807, 2.05) is 56.3 Å². The lowest BCUT2D eigenvalue weighted by Crippen LogP contribution is -2.41. The zero-order valence-electron chi connectivity index (χ0n) is 12.5. The molecule has 1 unspecified atom stereocenters. The number of hydrogen-bond donors (Lipinski definition) is 3. The molecule has 2 aromatic carbocycles. The van der Waals surface area contributed by atoms with E-state index in [-0.39, 0.29) is 24.6 Å². The molecule has 0 aromatic heterocycles. The molecular formula is C17H22N2O2. The van der Waals surface area contributed by atoms with Gasteiger partial charge < -0.3 is 15.7 Å². The molecule has 0 bridgehead atoms. The van der Waals surface area contributed by atoms with Crippen molar-refractivity contribution in [3.8, 4) is 0 Å². The molecule has 3 N–H and O–H groups in total. The fourth-order valence-corrected chi connectivity index (χ4v) is 2.37. The Morgan fingerprint density at radius 1 is 1.14 bits per heavy atom. The second-order valence-electron chi connectivity index (χ2n) is 5.49. The van der Waals surface area contributed by atoms with Crippen molar-refractivity contribution in [2.75, 3.05) is 11.9 Å². The lowest BCUT2D eigenvalue weighted by atomic mass is 10.0. The summed E-state index contributed by atoms with van der Waals surface area (Å²) in [5.74, 6) is 0.274. The second kappa shape index (κ2) is 7.09. The maximum Gasteiger partial charge on any atom is 0.319 e. The minimum absolute atomic E-state index is 0.0371. The standard InChI is InChI=1S/C17H22N2O2/c1-12(2)15(10-11-20)18-17(21)19-16-9-5-7-13-6-3-4-8-14(13)16/h3-9,12,15,20H,10-11H2,1-2H3,(H2,18,19,21). The molecule has 0 saturated carbocycles. The quantitative estimate of drug-likeness (QED) is 0.789. The third-order valence-corrected chi connectivity index (χ3v) is 3.60. The summed E-state index contributed by atoms with van der Waals surface area (Å²) in [5.41, 5.74) is 0.789. The molecule has 2 rings (SSSR count). The van der Waals surface area contributed by atoms with Crippen LogP contribution in [-0.4, -0.2) is 23.8 Å². The van der Waals surface area contributed by atoms with E-state index >= 15 is 0 Å². The molecule has 0 radical (unpaired) electrons. The first kappa shape index (κ1) is 15.3. The van der Waals surface area contributed by atoms with Crippen LogP contribution in [0.15, 0.2) is 42.5 Å². The maximum atomic E-state index is 12.1. The number of aliphatic hydroxyl groups is 1. The Kier molecular flexibility index (Phi) is 5.17. The summed E-state index contributed by atoms with van der Waals surface area (Å²) in [4.78, 5) is 12.1. The summed E-state index contributed by atoms with van der Waals surface area (Å²) >= 11 is 0. The van der Waals surface area contributed by atoms with Gasteiger partial charge in [-0.2, -0.15) is 0 Å². The smallest absolute Gasteiger partial charge is 0.319 e. The van der Waals surface area contributed by atoms with E-state index in [2.05, 4.69) is 10.6 Å². The lowest BCUT2D eigenvalue weighted by molar-refractivity contribution is 0.227. The van der Waals surface area contributed by atoms with Gasteiger partial charge in [-0.05, 0) is 23.8 Å². The first-order valence-electron chi connectivity index (χ1n) is 7.28. The van der Waals surface area contributed by atoms with Crippen LogP contribution in [0.2, 0.25) is 0 Å². The van der Waals surface area contributed by atoms with Gasteiger partial charge in [0.25, 0.3) is 0 Å². The predicted molar refractivity (Wildman–Crippen MR) is 86.4 cm³/mol. The van der Waals surface area contributed by atoms with Crippen LogP contribution in [0.4, 0.5) is 10.5 Å². The Labute approximate surface area is 125 Å². The van der Waals surface area contributed by atoms with E-state index in [0.29, 0.717) is 6.42 Å². The van der Waals surface area contributed by atoms with Crippen LogP contribution in [-0.2, 0) is 0 Å². The second-order valence-corrected chi connectivity index (χ2v) is 5.49. The Hall–Kier alpha value is -2.07. The summed E-state index contributed by atoms with van der Waals surface area (Å²) in [6.45, 7) is 4.12. The molecule has 0 aliphatic rings.